The molecule has 1 fully saturated rings. The molecule has 0 bridgehead atoms. The first-order valence-corrected chi connectivity index (χ1v) is 11.5. The number of carbonyl (C=O) groups is 1. The Morgan fingerprint density at radius 2 is 1.80 bits per heavy atom. The number of carbonyl (C=O) groups excluding carboxylic acids is 1. The van der Waals surface area contributed by atoms with Gasteiger partial charge < -0.3 is 14.6 Å². The molecule has 0 saturated carbocycles. The number of sulfonamides is 1. The summed E-state index contributed by atoms with van der Waals surface area (Å²) < 4.78 is 32.5. The maximum atomic E-state index is 12.5. The molecule has 8 nitrogen and oxygen atoms in total. The van der Waals surface area contributed by atoms with Gasteiger partial charge in [-0.15, -0.1) is 0 Å². The van der Waals surface area contributed by atoms with Crippen molar-refractivity contribution in [1.29, 1.82) is 0 Å². The molecule has 0 spiro atoms. The molecule has 3 rings (SSSR count). The van der Waals surface area contributed by atoms with Gasteiger partial charge in [0.15, 0.2) is 5.76 Å². The minimum absolute atomic E-state index is 0.0613. The van der Waals surface area contributed by atoms with Crippen LogP contribution in [-0.4, -0.2) is 62.9 Å². The molecule has 2 N–H and O–H groups in total. The van der Waals surface area contributed by atoms with Crippen LogP contribution in [0.4, 0.5) is 5.69 Å². The van der Waals surface area contributed by atoms with E-state index in [2.05, 4.69) is 26.9 Å². The molecule has 30 heavy (non-hydrogen) atoms. The van der Waals surface area contributed by atoms with Crippen molar-refractivity contribution < 1.29 is 17.6 Å². The Morgan fingerprint density at radius 1 is 1.10 bits per heavy atom. The molecule has 1 aliphatic rings. The smallest absolute Gasteiger partial charge is 0.291 e. The summed E-state index contributed by atoms with van der Waals surface area (Å²) in [6, 6.07) is 10.3. The summed E-state index contributed by atoms with van der Waals surface area (Å²) in [6.07, 6.45) is 0. The van der Waals surface area contributed by atoms with Gasteiger partial charge in [-0.05, 0) is 57.6 Å². The van der Waals surface area contributed by atoms with E-state index >= 15 is 0 Å². The first-order valence-electron chi connectivity index (χ1n) is 9.97. The van der Waals surface area contributed by atoms with E-state index in [4.69, 9.17) is 4.42 Å². The minimum atomic E-state index is -3.84. The van der Waals surface area contributed by atoms with Crippen LogP contribution in [0, 0.1) is 0 Å². The molecule has 0 unspecified atom stereocenters. The van der Waals surface area contributed by atoms with E-state index in [0.717, 1.165) is 38.3 Å². The summed E-state index contributed by atoms with van der Waals surface area (Å²) in [7, 11) is -1.71. The number of benzene rings is 1. The molecule has 1 aliphatic heterocycles. The number of rotatable bonds is 6. The Morgan fingerprint density at radius 3 is 2.47 bits per heavy atom. The quantitative estimate of drug-likeness (QED) is 0.725. The maximum Gasteiger partial charge on any atom is 0.291 e. The molecule has 0 radical (unpaired) electrons. The summed E-state index contributed by atoms with van der Waals surface area (Å²) in [5.41, 5.74) is 1.09. The van der Waals surface area contributed by atoms with Crippen LogP contribution in [0.1, 0.15) is 36.9 Å². The summed E-state index contributed by atoms with van der Waals surface area (Å²) >= 11 is 0. The lowest BCUT2D eigenvalue weighted by Crippen LogP contribution is -2.43. The largest absolute Gasteiger partial charge is 0.438 e. The van der Waals surface area contributed by atoms with Crippen LogP contribution >= 0.6 is 0 Å². The molecule has 9 heteroatoms. The van der Waals surface area contributed by atoms with Crippen molar-refractivity contribution in [2.75, 3.05) is 38.5 Å². The van der Waals surface area contributed by atoms with Crippen LogP contribution < -0.4 is 10.0 Å². The van der Waals surface area contributed by atoms with Crippen molar-refractivity contribution in [3.63, 3.8) is 0 Å². The third-order valence-corrected chi connectivity index (χ3v) is 6.33. The fourth-order valence-corrected chi connectivity index (χ4v) is 4.60. The van der Waals surface area contributed by atoms with Crippen LogP contribution in [0.2, 0.25) is 0 Å². The number of nitrogens with zero attached hydrogens (tertiary/aromatic N) is 2. The monoisotopic (exact) mass is 434 g/mol. The van der Waals surface area contributed by atoms with Crippen LogP contribution in [0.15, 0.2) is 45.9 Å². The van der Waals surface area contributed by atoms with Gasteiger partial charge in [-0.1, -0.05) is 12.1 Å². The van der Waals surface area contributed by atoms with Crippen molar-refractivity contribution in [2.24, 2.45) is 0 Å². The topological polar surface area (TPSA) is 94.9 Å². The van der Waals surface area contributed by atoms with Crippen molar-refractivity contribution in [3.8, 4) is 0 Å². The SMILES string of the molecule is CN1CCN(Cc2cccc(NC(=O)c3ccc(S(=O)(=O)NC(C)(C)C)o3)c2)CC1. The molecule has 2 aromatic rings. The highest BCUT2D eigenvalue weighted by Crippen LogP contribution is 2.19. The summed E-state index contributed by atoms with van der Waals surface area (Å²) in [4.78, 5) is 17.2. The number of furan rings is 1. The zero-order valence-corrected chi connectivity index (χ0v) is 18.8. The van der Waals surface area contributed by atoms with E-state index < -0.39 is 21.5 Å². The predicted octanol–water partition coefficient (Wildman–Crippen LogP) is 2.36. The lowest BCUT2D eigenvalue weighted by atomic mass is 10.1. The highest BCUT2D eigenvalue weighted by molar-refractivity contribution is 7.89. The zero-order valence-electron chi connectivity index (χ0n) is 17.9. The molecule has 1 amide bonds. The van der Waals surface area contributed by atoms with Crippen LogP contribution in [-0.2, 0) is 16.6 Å². The molecule has 0 aliphatic carbocycles. The van der Waals surface area contributed by atoms with Crippen molar-refractivity contribution >= 4 is 21.6 Å². The highest BCUT2D eigenvalue weighted by atomic mass is 32.2. The Balaban J connectivity index is 1.65. The predicted molar refractivity (Wildman–Crippen MR) is 116 cm³/mol. The third-order valence-electron chi connectivity index (χ3n) is 4.70. The highest BCUT2D eigenvalue weighted by Gasteiger charge is 2.26. The zero-order chi connectivity index (χ0) is 21.9. The summed E-state index contributed by atoms with van der Waals surface area (Å²) in [6.45, 7) is 10.1. The molecular formula is C21H30N4O4S. The van der Waals surface area contributed by atoms with Gasteiger partial charge in [0.2, 0.25) is 5.09 Å². The van der Waals surface area contributed by atoms with Gasteiger partial charge in [0.25, 0.3) is 15.9 Å². The normalized spacial score (nSPS) is 16.5. The standard InChI is InChI=1S/C21H30N4O4S/c1-21(2,3)23-30(27,28)19-9-8-18(29-19)20(26)22-17-7-5-6-16(14-17)15-25-12-10-24(4)11-13-25/h5-9,14,23H,10-13,15H2,1-4H3,(H,22,26). The first-order chi connectivity index (χ1) is 14.0. The van der Waals surface area contributed by atoms with Crippen molar-refractivity contribution in [1.82, 2.24) is 14.5 Å². The van der Waals surface area contributed by atoms with E-state index in [1.807, 2.05) is 18.2 Å². The van der Waals surface area contributed by atoms with Gasteiger partial charge in [0.1, 0.15) is 0 Å². The molecule has 1 aromatic carbocycles. The fourth-order valence-electron chi connectivity index (χ4n) is 3.24. The summed E-state index contributed by atoms with van der Waals surface area (Å²) in [5, 5.41) is 2.50. The van der Waals surface area contributed by atoms with Crippen LogP contribution in [0.3, 0.4) is 0 Å². The number of hydrogen-bond acceptors (Lipinski definition) is 6. The average Bonchev–Trinajstić information content (AvgIpc) is 3.13. The lowest BCUT2D eigenvalue weighted by molar-refractivity contribution is 0.0991. The number of piperazine rings is 1. The molecule has 164 valence electrons. The second-order valence-electron chi connectivity index (χ2n) is 8.71. The van der Waals surface area contributed by atoms with Gasteiger partial charge >= 0.3 is 0 Å². The second kappa shape index (κ2) is 8.89. The van der Waals surface area contributed by atoms with Crippen LogP contribution in [0.5, 0.6) is 0 Å². The van der Waals surface area contributed by atoms with E-state index in [-0.39, 0.29) is 10.9 Å². The van der Waals surface area contributed by atoms with Crippen LogP contribution in [0.25, 0.3) is 0 Å². The Hall–Kier alpha value is -2.20. The van der Waals surface area contributed by atoms with Crippen molar-refractivity contribution in [2.45, 2.75) is 37.9 Å². The van der Waals surface area contributed by atoms with E-state index in [1.54, 1.807) is 26.8 Å². The van der Waals surface area contributed by atoms with Gasteiger partial charge in [-0.3, -0.25) is 9.69 Å². The van der Waals surface area contributed by atoms with Crippen molar-refractivity contribution in [3.05, 3.63) is 47.7 Å². The number of hydrogen-bond donors (Lipinski definition) is 2. The maximum absolute atomic E-state index is 12.5. The average molecular weight is 435 g/mol. The minimum Gasteiger partial charge on any atom is -0.438 e. The molecule has 0 atom stereocenters. The summed E-state index contributed by atoms with van der Waals surface area (Å²) in [5.74, 6) is -0.558. The van der Waals surface area contributed by atoms with Gasteiger partial charge in [0.05, 0.1) is 0 Å². The number of anilines is 1. The van der Waals surface area contributed by atoms with E-state index in [9.17, 15) is 13.2 Å². The molecule has 1 saturated heterocycles. The lowest BCUT2D eigenvalue weighted by Gasteiger charge is -2.32. The third kappa shape index (κ3) is 6.15. The number of nitrogens with one attached hydrogen (secondary N) is 2. The second-order valence-corrected chi connectivity index (χ2v) is 10.3. The van der Waals surface area contributed by atoms with E-state index in [0.29, 0.717) is 5.69 Å². The molecule has 2 heterocycles. The van der Waals surface area contributed by atoms with Gasteiger partial charge in [0, 0.05) is 44.0 Å². The Bertz CT molecular complexity index is 986. The molecular weight excluding hydrogens is 404 g/mol. The molecule has 1 aromatic heterocycles. The fraction of sp³-hybridized carbons (Fsp3) is 0.476. The van der Waals surface area contributed by atoms with Gasteiger partial charge in [-0.2, -0.15) is 0 Å². The first kappa shape index (κ1) is 22.5. The number of likely N-dealkylation sites (N-methyl/N-ethyl adjacent to an activating group) is 1. The van der Waals surface area contributed by atoms with Gasteiger partial charge in [-0.25, -0.2) is 13.1 Å². The number of amides is 1. The Labute approximate surface area is 178 Å². The Kier molecular flexibility index (Phi) is 6.66. The van der Waals surface area contributed by atoms with E-state index in [1.165, 1.54) is 12.1 Å².